The maximum atomic E-state index is 12.8. The molecular formula is C10H10F3N. The number of aromatic nitrogens is 1. The molecule has 1 nitrogen and oxygen atoms in total. The minimum atomic E-state index is -4.17. The van der Waals surface area contributed by atoms with Crippen LogP contribution in [0.1, 0.15) is 25.0 Å². The number of nitrogens with zero attached hydrogens (tertiary/aromatic N) is 1. The van der Waals surface area contributed by atoms with Gasteiger partial charge in [-0.3, -0.25) is 4.98 Å². The van der Waals surface area contributed by atoms with Gasteiger partial charge in [0.25, 0.3) is 0 Å². The largest absolute Gasteiger partial charge is 0.399 e. The summed E-state index contributed by atoms with van der Waals surface area (Å²) in [7, 11) is 0. The van der Waals surface area contributed by atoms with Gasteiger partial charge in [0.15, 0.2) is 0 Å². The molecule has 1 heterocycles. The summed E-state index contributed by atoms with van der Waals surface area (Å²) in [6.45, 7) is 0. The van der Waals surface area contributed by atoms with Gasteiger partial charge < -0.3 is 0 Å². The molecule has 4 heteroatoms. The van der Waals surface area contributed by atoms with E-state index >= 15 is 0 Å². The van der Waals surface area contributed by atoms with E-state index in [1.54, 1.807) is 12.1 Å². The summed E-state index contributed by atoms with van der Waals surface area (Å²) in [6.07, 6.45) is -1.77. The highest BCUT2D eigenvalue weighted by atomic mass is 19.4. The quantitative estimate of drug-likeness (QED) is 0.680. The Kier molecular flexibility index (Phi) is 2.01. The summed E-state index contributed by atoms with van der Waals surface area (Å²) in [5.41, 5.74) is -1.49. The van der Waals surface area contributed by atoms with Gasteiger partial charge in [-0.15, -0.1) is 0 Å². The van der Waals surface area contributed by atoms with E-state index < -0.39 is 11.6 Å². The molecule has 1 fully saturated rings. The molecule has 76 valence electrons. The van der Waals surface area contributed by atoms with Crippen molar-refractivity contribution in [3.63, 3.8) is 0 Å². The van der Waals surface area contributed by atoms with Crippen molar-refractivity contribution < 1.29 is 13.2 Å². The van der Waals surface area contributed by atoms with Crippen LogP contribution in [0.3, 0.4) is 0 Å². The van der Waals surface area contributed by atoms with Gasteiger partial charge in [-0.25, -0.2) is 0 Å². The lowest BCUT2D eigenvalue weighted by Gasteiger charge is -2.42. The second kappa shape index (κ2) is 2.97. The van der Waals surface area contributed by atoms with E-state index in [1.807, 2.05) is 0 Å². The molecule has 0 atom stereocenters. The number of hydrogen-bond donors (Lipinski definition) is 0. The van der Waals surface area contributed by atoms with Crippen molar-refractivity contribution in [1.29, 1.82) is 0 Å². The summed E-state index contributed by atoms with van der Waals surface area (Å²) in [6, 6.07) is 4.70. The number of hydrogen-bond acceptors (Lipinski definition) is 1. The summed E-state index contributed by atoms with van der Waals surface area (Å²) >= 11 is 0. The number of halogens is 3. The van der Waals surface area contributed by atoms with E-state index in [0.29, 0.717) is 6.42 Å². The third kappa shape index (κ3) is 1.21. The zero-order valence-electron chi connectivity index (χ0n) is 7.51. The van der Waals surface area contributed by atoms with E-state index in [2.05, 4.69) is 4.98 Å². The summed E-state index contributed by atoms with van der Waals surface area (Å²) in [5.74, 6) is 0. The normalized spacial score (nSPS) is 20.2. The topological polar surface area (TPSA) is 12.9 Å². The summed E-state index contributed by atoms with van der Waals surface area (Å²) < 4.78 is 38.4. The van der Waals surface area contributed by atoms with Crippen LogP contribution in [0, 0.1) is 0 Å². The Morgan fingerprint density at radius 1 is 1.21 bits per heavy atom. The van der Waals surface area contributed by atoms with E-state index in [-0.39, 0.29) is 18.5 Å². The van der Waals surface area contributed by atoms with Crippen LogP contribution in [0.25, 0.3) is 0 Å². The molecule has 0 spiro atoms. The molecule has 1 saturated carbocycles. The molecular weight excluding hydrogens is 191 g/mol. The molecule has 0 radical (unpaired) electrons. The second-order valence-corrected chi connectivity index (χ2v) is 3.65. The Morgan fingerprint density at radius 2 is 1.93 bits per heavy atom. The minimum Gasteiger partial charge on any atom is -0.260 e. The summed E-state index contributed by atoms with van der Waals surface area (Å²) in [5, 5.41) is 0. The first-order chi connectivity index (χ1) is 6.56. The Balaban J connectivity index is 2.39. The Labute approximate surface area is 80.0 Å². The van der Waals surface area contributed by atoms with Crippen LogP contribution < -0.4 is 0 Å². The third-order valence-corrected chi connectivity index (χ3v) is 2.90. The lowest BCUT2D eigenvalue weighted by atomic mass is 9.66. The van der Waals surface area contributed by atoms with Crippen molar-refractivity contribution >= 4 is 0 Å². The van der Waals surface area contributed by atoms with E-state index in [9.17, 15) is 13.2 Å². The van der Waals surface area contributed by atoms with Crippen molar-refractivity contribution in [2.24, 2.45) is 0 Å². The fourth-order valence-electron chi connectivity index (χ4n) is 1.86. The molecule has 14 heavy (non-hydrogen) atoms. The fourth-order valence-corrected chi connectivity index (χ4v) is 1.86. The molecule has 2 rings (SSSR count). The van der Waals surface area contributed by atoms with Crippen LogP contribution in [0.4, 0.5) is 13.2 Å². The van der Waals surface area contributed by atoms with Gasteiger partial charge >= 0.3 is 6.18 Å². The number of rotatable bonds is 1. The highest BCUT2D eigenvalue weighted by Gasteiger charge is 2.60. The molecule has 0 saturated heterocycles. The molecule has 0 amide bonds. The van der Waals surface area contributed by atoms with Gasteiger partial charge in [0.05, 0.1) is 5.69 Å². The van der Waals surface area contributed by atoms with Gasteiger partial charge in [0.1, 0.15) is 5.41 Å². The van der Waals surface area contributed by atoms with Gasteiger partial charge in [0.2, 0.25) is 0 Å². The Bertz CT molecular complexity index is 314. The number of alkyl halides is 3. The Hall–Kier alpha value is -1.06. The van der Waals surface area contributed by atoms with Crippen molar-refractivity contribution in [3.05, 3.63) is 30.1 Å². The Morgan fingerprint density at radius 3 is 2.29 bits per heavy atom. The van der Waals surface area contributed by atoms with Gasteiger partial charge in [-0.2, -0.15) is 13.2 Å². The monoisotopic (exact) mass is 201 g/mol. The fraction of sp³-hybridized carbons (Fsp3) is 0.500. The van der Waals surface area contributed by atoms with Crippen molar-refractivity contribution in [2.45, 2.75) is 30.9 Å². The highest BCUT2D eigenvalue weighted by molar-refractivity contribution is 5.23. The van der Waals surface area contributed by atoms with Crippen LogP contribution in [0.15, 0.2) is 24.4 Å². The van der Waals surface area contributed by atoms with Crippen LogP contribution in [0.2, 0.25) is 0 Å². The van der Waals surface area contributed by atoms with Crippen LogP contribution in [0.5, 0.6) is 0 Å². The standard InChI is InChI=1S/C10H10F3N/c11-10(12,13)9(5-3-6-9)8-4-1-2-7-14-8/h1-2,4,7H,3,5-6H2. The minimum absolute atomic E-state index is 0.166. The van der Waals surface area contributed by atoms with Crippen LogP contribution in [-0.4, -0.2) is 11.2 Å². The van der Waals surface area contributed by atoms with Crippen molar-refractivity contribution in [3.8, 4) is 0 Å². The zero-order valence-corrected chi connectivity index (χ0v) is 7.51. The van der Waals surface area contributed by atoms with E-state index in [4.69, 9.17) is 0 Å². The zero-order chi connectivity index (χ0) is 10.2. The van der Waals surface area contributed by atoms with Crippen molar-refractivity contribution in [2.75, 3.05) is 0 Å². The second-order valence-electron chi connectivity index (χ2n) is 3.65. The average Bonchev–Trinajstić information content (AvgIpc) is 2.01. The molecule has 0 N–H and O–H groups in total. The summed E-state index contributed by atoms with van der Waals surface area (Å²) in [4.78, 5) is 3.82. The molecule has 1 aliphatic carbocycles. The molecule has 1 aromatic rings. The SMILES string of the molecule is FC(F)(F)C1(c2ccccn2)CCC1. The lowest BCUT2D eigenvalue weighted by molar-refractivity contribution is -0.214. The van der Waals surface area contributed by atoms with E-state index in [0.717, 1.165) is 0 Å². The van der Waals surface area contributed by atoms with Crippen LogP contribution in [-0.2, 0) is 5.41 Å². The first kappa shape index (κ1) is 9.49. The van der Waals surface area contributed by atoms with Gasteiger partial charge in [0, 0.05) is 6.20 Å². The van der Waals surface area contributed by atoms with E-state index in [1.165, 1.54) is 12.3 Å². The smallest absolute Gasteiger partial charge is 0.260 e. The predicted octanol–water partition coefficient (Wildman–Crippen LogP) is 3.07. The van der Waals surface area contributed by atoms with Gasteiger partial charge in [-0.05, 0) is 25.0 Å². The van der Waals surface area contributed by atoms with Crippen LogP contribution >= 0.6 is 0 Å². The molecule has 0 unspecified atom stereocenters. The molecule has 1 aromatic heterocycles. The predicted molar refractivity (Wildman–Crippen MR) is 45.8 cm³/mol. The maximum Gasteiger partial charge on any atom is 0.399 e. The van der Waals surface area contributed by atoms with Crippen molar-refractivity contribution in [1.82, 2.24) is 4.98 Å². The molecule has 0 aromatic carbocycles. The van der Waals surface area contributed by atoms with Gasteiger partial charge in [-0.1, -0.05) is 12.5 Å². The third-order valence-electron chi connectivity index (χ3n) is 2.90. The average molecular weight is 201 g/mol. The first-order valence-electron chi connectivity index (χ1n) is 4.54. The highest BCUT2D eigenvalue weighted by Crippen LogP contribution is 2.53. The maximum absolute atomic E-state index is 12.8. The molecule has 1 aliphatic rings. The molecule has 0 bridgehead atoms. The molecule has 0 aliphatic heterocycles. The first-order valence-corrected chi connectivity index (χ1v) is 4.54. The number of pyridine rings is 1. The lowest BCUT2D eigenvalue weighted by Crippen LogP contribution is -2.48.